The highest BCUT2D eigenvalue weighted by atomic mass is 35.5. The highest BCUT2D eigenvalue weighted by molar-refractivity contribution is 6.30. The second-order valence-electron chi connectivity index (χ2n) is 6.79. The first kappa shape index (κ1) is 15.8. The molecule has 1 saturated carbocycles. The molecule has 22 heavy (non-hydrogen) atoms. The van der Waals surface area contributed by atoms with Gasteiger partial charge in [0, 0.05) is 11.1 Å². The zero-order valence-corrected chi connectivity index (χ0v) is 13.8. The van der Waals surface area contributed by atoms with Crippen molar-refractivity contribution in [3.63, 3.8) is 0 Å². The van der Waals surface area contributed by atoms with Gasteiger partial charge in [0.2, 0.25) is 5.91 Å². The number of halogens is 1. The summed E-state index contributed by atoms with van der Waals surface area (Å²) in [6, 6.07) is 8.29. The summed E-state index contributed by atoms with van der Waals surface area (Å²) in [4.78, 5) is 13.0. The Hall–Kier alpha value is -1.06. The molecule has 0 spiro atoms. The van der Waals surface area contributed by atoms with Crippen molar-refractivity contribution in [3.05, 3.63) is 34.9 Å². The quantitative estimate of drug-likeness (QED) is 0.893. The van der Waals surface area contributed by atoms with Crippen LogP contribution in [0.3, 0.4) is 0 Å². The molecular formula is C18H25ClN2O. The summed E-state index contributed by atoms with van der Waals surface area (Å²) in [5.41, 5.74) is 0.949. The Labute approximate surface area is 137 Å². The lowest BCUT2D eigenvalue weighted by molar-refractivity contribution is -0.131. The Morgan fingerprint density at radius 2 is 2.00 bits per heavy atom. The number of hydrogen-bond acceptors (Lipinski definition) is 2. The van der Waals surface area contributed by atoms with Crippen LogP contribution in [-0.4, -0.2) is 25.0 Å². The van der Waals surface area contributed by atoms with Gasteiger partial charge in [-0.3, -0.25) is 4.79 Å². The average Bonchev–Trinajstić information content (AvgIpc) is 2.98. The van der Waals surface area contributed by atoms with Crippen LogP contribution in [-0.2, 0) is 11.2 Å². The number of carbonyl (C=O) groups is 1. The van der Waals surface area contributed by atoms with Gasteiger partial charge in [-0.2, -0.15) is 0 Å². The zero-order valence-electron chi connectivity index (χ0n) is 13.0. The molecule has 0 atom stereocenters. The number of hydrogen-bond donors (Lipinski definition) is 2. The zero-order chi connectivity index (χ0) is 15.4. The molecule has 4 heteroatoms. The Bertz CT molecular complexity index is 520. The van der Waals surface area contributed by atoms with Crippen molar-refractivity contribution in [2.45, 2.75) is 51.0 Å². The van der Waals surface area contributed by atoms with Crippen LogP contribution >= 0.6 is 11.6 Å². The van der Waals surface area contributed by atoms with Crippen molar-refractivity contribution in [2.24, 2.45) is 5.41 Å². The van der Waals surface area contributed by atoms with Gasteiger partial charge in [-0.15, -0.1) is 0 Å². The second-order valence-corrected chi connectivity index (χ2v) is 7.23. The van der Waals surface area contributed by atoms with Gasteiger partial charge in [0.15, 0.2) is 0 Å². The first-order valence-electron chi connectivity index (χ1n) is 8.44. The number of amides is 1. The molecule has 2 aliphatic rings. The van der Waals surface area contributed by atoms with Crippen LogP contribution in [0.25, 0.3) is 0 Å². The van der Waals surface area contributed by atoms with Crippen molar-refractivity contribution >= 4 is 17.5 Å². The van der Waals surface area contributed by atoms with Gasteiger partial charge in [-0.05, 0) is 62.9 Å². The largest absolute Gasteiger partial charge is 0.353 e. The van der Waals surface area contributed by atoms with Crippen molar-refractivity contribution in [3.8, 4) is 0 Å². The number of nitrogens with one attached hydrogen (secondary N) is 2. The Kier molecular flexibility index (Phi) is 5.04. The Morgan fingerprint density at radius 3 is 2.68 bits per heavy atom. The van der Waals surface area contributed by atoms with Crippen molar-refractivity contribution in [2.75, 3.05) is 13.1 Å². The van der Waals surface area contributed by atoms with Crippen LogP contribution in [0, 0.1) is 5.41 Å². The van der Waals surface area contributed by atoms with E-state index in [-0.39, 0.29) is 11.3 Å². The summed E-state index contributed by atoms with van der Waals surface area (Å²) < 4.78 is 0. The monoisotopic (exact) mass is 320 g/mol. The minimum atomic E-state index is -0.227. The molecule has 1 saturated heterocycles. The molecule has 1 amide bonds. The molecule has 2 fully saturated rings. The maximum absolute atomic E-state index is 13.0. The molecule has 0 bridgehead atoms. The molecule has 3 nitrogen and oxygen atoms in total. The van der Waals surface area contributed by atoms with E-state index in [0.29, 0.717) is 6.04 Å². The van der Waals surface area contributed by atoms with Gasteiger partial charge >= 0.3 is 0 Å². The van der Waals surface area contributed by atoms with Gasteiger partial charge in [0.05, 0.1) is 5.41 Å². The minimum absolute atomic E-state index is 0.227. The van der Waals surface area contributed by atoms with E-state index in [2.05, 4.69) is 16.7 Å². The molecule has 120 valence electrons. The maximum Gasteiger partial charge on any atom is 0.226 e. The summed E-state index contributed by atoms with van der Waals surface area (Å²) >= 11 is 6.10. The van der Waals surface area contributed by atoms with Crippen molar-refractivity contribution in [1.82, 2.24) is 10.6 Å². The normalized spacial score (nSPS) is 21.7. The number of rotatable bonds is 4. The molecule has 1 aromatic carbocycles. The molecule has 0 radical (unpaired) electrons. The summed E-state index contributed by atoms with van der Waals surface area (Å²) in [6.45, 7) is 2.01. The lowest BCUT2D eigenvalue weighted by Gasteiger charge is -2.32. The van der Waals surface area contributed by atoms with E-state index in [0.717, 1.165) is 63.1 Å². The predicted octanol–water partition coefficient (Wildman–Crippen LogP) is 3.31. The second kappa shape index (κ2) is 7.01. The number of carbonyl (C=O) groups excluding carboxylic acids is 1. The summed E-state index contributed by atoms with van der Waals surface area (Å²) in [6.07, 6.45) is 7.19. The third-order valence-corrected chi connectivity index (χ3v) is 5.38. The molecule has 1 aliphatic heterocycles. The van der Waals surface area contributed by atoms with Gasteiger partial charge in [-0.1, -0.05) is 36.6 Å². The fraction of sp³-hybridized carbons (Fsp3) is 0.611. The number of piperidine rings is 1. The lowest BCUT2D eigenvalue weighted by atomic mass is 9.78. The third-order valence-electron chi connectivity index (χ3n) is 5.15. The van der Waals surface area contributed by atoms with Crippen LogP contribution in [0.5, 0.6) is 0 Å². The van der Waals surface area contributed by atoms with Gasteiger partial charge < -0.3 is 10.6 Å². The topological polar surface area (TPSA) is 41.1 Å². The van der Waals surface area contributed by atoms with Crippen LogP contribution < -0.4 is 10.6 Å². The molecule has 1 heterocycles. The van der Waals surface area contributed by atoms with E-state index < -0.39 is 0 Å². The lowest BCUT2D eigenvalue weighted by Crippen LogP contribution is -2.49. The van der Waals surface area contributed by atoms with E-state index >= 15 is 0 Å². The number of benzene rings is 1. The van der Waals surface area contributed by atoms with E-state index in [1.54, 1.807) is 0 Å². The smallest absolute Gasteiger partial charge is 0.226 e. The van der Waals surface area contributed by atoms with Crippen molar-refractivity contribution in [1.29, 1.82) is 0 Å². The van der Waals surface area contributed by atoms with Gasteiger partial charge in [-0.25, -0.2) is 0 Å². The standard InChI is InChI=1S/C18H25ClN2O/c19-15-5-3-4-14(12-15)13-18(8-1-2-9-18)17(22)21-16-6-10-20-11-7-16/h3-5,12,16,20H,1-2,6-11,13H2,(H,21,22). The summed E-state index contributed by atoms with van der Waals surface area (Å²) in [5, 5.41) is 7.43. The molecule has 1 aromatic rings. The molecule has 1 aliphatic carbocycles. The van der Waals surface area contributed by atoms with E-state index in [1.807, 2.05) is 18.2 Å². The molecule has 2 N–H and O–H groups in total. The van der Waals surface area contributed by atoms with Gasteiger partial charge in [0.1, 0.15) is 0 Å². The maximum atomic E-state index is 13.0. The summed E-state index contributed by atoms with van der Waals surface area (Å²) in [5.74, 6) is 0.261. The molecule has 3 rings (SSSR count). The predicted molar refractivity (Wildman–Crippen MR) is 90.1 cm³/mol. The molecule has 0 unspecified atom stereocenters. The van der Waals surface area contributed by atoms with Crippen LogP contribution in [0.1, 0.15) is 44.1 Å². The third kappa shape index (κ3) is 3.64. The van der Waals surface area contributed by atoms with Crippen LogP contribution in [0.2, 0.25) is 5.02 Å². The van der Waals surface area contributed by atoms with E-state index in [9.17, 15) is 4.79 Å². The molecule has 0 aromatic heterocycles. The Morgan fingerprint density at radius 1 is 1.27 bits per heavy atom. The fourth-order valence-corrected chi connectivity index (χ4v) is 4.09. The fourth-order valence-electron chi connectivity index (χ4n) is 3.88. The van der Waals surface area contributed by atoms with Crippen molar-refractivity contribution < 1.29 is 4.79 Å². The van der Waals surface area contributed by atoms with E-state index in [4.69, 9.17) is 11.6 Å². The van der Waals surface area contributed by atoms with E-state index in [1.165, 1.54) is 5.56 Å². The highest BCUT2D eigenvalue weighted by Crippen LogP contribution is 2.41. The average molecular weight is 321 g/mol. The van der Waals surface area contributed by atoms with Crippen LogP contribution in [0.15, 0.2) is 24.3 Å². The highest BCUT2D eigenvalue weighted by Gasteiger charge is 2.41. The summed E-state index contributed by atoms with van der Waals surface area (Å²) in [7, 11) is 0. The Balaban J connectivity index is 1.71. The molecular weight excluding hydrogens is 296 g/mol. The van der Waals surface area contributed by atoms with Crippen LogP contribution in [0.4, 0.5) is 0 Å². The SMILES string of the molecule is O=C(NC1CCNCC1)C1(Cc2cccc(Cl)c2)CCCC1. The minimum Gasteiger partial charge on any atom is -0.353 e. The first-order valence-corrected chi connectivity index (χ1v) is 8.82. The van der Waals surface area contributed by atoms with Gasteiger partial charge in [0.25, 0.3) is 0 Å². The first-order chi connectivity index (χ1) is 10.7.